The molecule has 0 saturated heterocycles. The van der Waals surface area contributed by atoms with Crippen LogP contribution in [-0.2, 0) is 9.53 Å². The molecular weight excluding hydrogens is 158 g/mol. The van der Waals surface area contributed by atoms with Crippen molar-refractivity contribution in [1.82, 2.24) is 5.32 Å². The average Bonchev–Trinajstić information content (AvgIpc) is 1.96. The maximum atomic E-state index is 10.5. The van der Waals surface area contributed by atoms with Crippen molar-refractivity contribution in [1.29, 1.82) is 0 Å². The lowest BCUT2D eigenvalue weighted by atomic mass is 10.2. The Labute approximate surface area is 72.9 Å². The first kappa shape index (κ1) is 11.4. The summed E-state index contributed by atoms with van der Waals surface area (Å²) < 4.78 is 5.22. The van der Waals surface area contributed by atoms with Gasteiger partial charge in [0.1, 0.15) is 6.04 Å². The number of nitrogens with one attached hydrogen (secondary N) is 1. The third kappa shape index (κ3) is 5.09. The largest absolute Gasteiger partial charge is 0.480 e. The SMILES string of the molecule is CNC(CCOC(C)C)C(=O)O. The maximum Gasteiger partial charge on any atom is 0.320 e. The van der Waals surface area contributed by atoms with Crippen LogP contribution in [-0.4, -0.2) is 36.9 Å². The second-order valence-electron chi connectivity index (χ2n) is 2.89. The minimum Gasteiger partial charge on any atom is -0.480 e. The number of hydrogen-bond acceptors (Lipinski definition) is 3. The van der Waals surface area contributed by atoms with Gasteiger partial charge in [0.2, 0.25) is 0 Å². The van der Waals surface area contributed by atoms with Gasteiger partial charge in [-0.2, -0.15) is 0 Å². The van der Waals surface area contributed by atoms with E-state index in [0.717, 1.165) is 0 Å². The molecule has 2 N–H and O–H groups in total. The highest BCUT2D eigenvalue weighted by molar-refractivity contribution is 5.73. The molecule has 0 rings (SSSR count). The first-order chi connectivity index (χ1) is 5.57. The zero-order chi connectivity index (χ0) is 9.56. The smallest absolute Gasteiger partial charge is 0.320 e. The number of carbonyl (C=O) groups is 1. The molecule has 0 aliphatic carbocycles. The standard InChI is InChI=1S/C8H17NO3/c1-6(2)12-5-4-7(9-3)8(10)11/h6-7,9H,4-5H2,1-3H3,(H,10,11). The molecular formula is C8H17NO3. The Morgan fingerprint density at radius 2 is 2.17 bits per heavy atom. The molecule has 0 bridgehead atoms. The number of carboxylic acid groups (broad SMARTS) is 1. The van der Waals surface area contributed by atoms with Crippen molar-refractivity contribution in [2.75, 3.05) is 13.7 Å². The quantitative estimate of drug-likeness (QED) is 0.616. The van der Waals surface area contributed by atoms with Gasteiger partial charge in [0, 0.05) is 6.61 Å². The van der Waals surface area contributed by atoms with Crippen molar-refractivity contribution in [3.8, 4) is 0 Å². The lowest BCUT2D eigenvalue weighted by Gasteiger charge is -2.12. The molecule has 0 fully saturated rings. The molecule has 0 heterocycles. The Balaban J connectivity index is 3.52. The van der Waals surface area contributed by atoms with E-state index < -0.39 is 12.0 Å². The number of hydrogen-bond donors (Lipinski definition) is 2. The second-order valence-corrected chi connectivity index (χ2v) is 2.89. The first-order valence-electron chi connectivity index (χ1n) is 4.09. The zero-order valence-corrected chi connectivity index (χ0v) is 7.83. The van der Waals surface area contributed by atoms with E-state index in [9.17, 15) is 4.79 Å². The van der Waals surface area contributed by atoms with Gasteiger partial charge in [0.05, 0.1) is 6.10 Å². The van der Waals surface area contributed by atoms with E-state index in [2.05, 4.69) is 5.32 Å². The third-order valence-corrected chi connectivity index (χ3v) is 1.50. The van der Waals surface area contributed by atoms with Gasteiger partial charge >= 0.3 is 5.97 Å². The Morgan fingerprint density at radius 1 is 1.58 bits per heavy atom. The summed E-state index contributed by atoms with van der Waals surface area (Å²) in [5, 5.41) is 11.3. The highest BCUT2D eigenvalue weighted by atomic mass is 16.5. The second kappa shape index (κ2) is 5.97. The molecule has 4 heteroatoms. The Kier molecular flexibility index (Phi) is 5.66. The summed E-state index contributed by atoms with van der Waals surface area (Å²) in [6.45, 7) is 4.33. The summed E-state index contributed by atoms with van der Waals surface area (Å²) in [5.41, 5.74) is 0. The molecule has 0 aromatic carbocycles. The normalized spacial score (nSPS) is 13.3. The van der Waals surface area contributed by atoms with E-state index in [1.165, 1.54) is 0 Å². The molecule has 72 valence electrons. The fourth-order valence-electron chi connectivity index (χ4n) is 0.813. The highest BCUT2D eigenvalue weighted by Crippen LogP contribution is 1.95. The van der Waals surface area contributed by atoms with Gasteiger partial charge in [-0.05, 0) is 27.3 Å². The van der Waals surface area contributed by atoms with E-state index in [4.69, 9.17) is 9.84 Å². The lowest BCUT2D eigenvalue weighted by Crippen LogP contribution is -2.35. The molecule has 0 radical (unpaired) electrons. The number of ether oxygens (including phenoxy) is 1. The van der Waals surface area contributed by atoms with Crippen LogP contribution in [0.5, 0.6) is 0 Å². The minimum absolute atomic E-state index is 0.163. The summed E-state index contributed by atoms with van der Waals surface area (Å²) in [4.78, 5) is 10.5. The van der Waals surface area contributed by atoms with E-state index in [1.54, 1.807) is 7.05 Å². The van der Waals surface area contributed by atoms with Crippen LogP contribution < -0.4 is 5.32 Å². The Bertz CT molecular complexity index is 136. The molecule has 0 aromatic heterocycles. The molecule has 1 unspecified atom stereocenters. The molecule has 0 amide bonds. The van der Waals surface area contributed by atoms with Crippen molar-refractivity contribution in [2.45, 2.75) is 32.4 Å². The van der Waals surface area contributed by atoms with Crippen molar-refractivity contribution >= 4 is 5.97 Å². The van der Waals surface area contributed by atoms with Crippen molar-refractivity contribution in [3.05, 3.63) is 0 Å². The molecule has 12 heavy (non-hydrogen) atoms. The summed E-state index contributed by atoms with van der Waals surface area (Å²) >= 11 is 0. The van der Waals surface area contributed by atoms with Crippen LogP contribution in [0.3, 0.4) is 0 Å². The van der Waals surface area contributed by atoms with Crippen molar-refractivity contribution in [2.24, 2.45) is 0 Å². The molecule has 0 aliphatic heterocycles. The van der Waals surface area contributed by atoms with Gasteiger partial charge in [-0.3, -0.25) is 4.79 Å². The fourth-order valence-corrected chi connectivity index (χ4v) is 0.813. The van der Waals surface area contributed by atoms with E-state index >= 15 is 0 Å². The van der Waals surface area contributed by atoms with Crippen molar-refractivity contribution in [3.63, 3.8) is 0 Å². The van der Waals surface area contributed by atoms with Crippen LogP contribution >= 0.6 is 0 Å². The predicted octanol–water partition coefficient (Wildman–Crippen LogP) is 0.474. The van der Waals surface area contributed by atoms with Gasteiger partial charge in [-0.25, -0.2) is 0 Å². The van der Waals surface area contributed by atoms with E-state index in [1.807, 2.05) is 13.8 Å². The average molecular weight is 175 g/mol. The van der Waals surface area contributed by atoms with Gasteiger partial charge in [-0.1, -0.05) is 0 Å². The number of likely N-dealkylation sites (N-methyl/N-ethyl adjacent to an activating group) is 1. The van der Waals surface area contributed by atoms with E-state index in [-0.39, 0.29) is 6.10 Å². The molecule has 0 aromatic rings. The molecule has 1 atom stereocenters. The predicted molar refractivity (Wildman–Crippen MR) is 46.2 cm³/mol. The van der Waals surface area contributed by atoms with Crippen LogP contribution in [0.25, 0.3) is 0 Å². The molecule has 4 nitrogen and oxygen atoms in total. The third-order valence-electron chi connectivity index (χ3n) is 1.50. The minimum atomic E-state index is -0.829. The van der Waals surface area contributed by atoms with Gasteiger partial charge in [0.25, 0.3) is 0 Å². The van der Waals surface area contributed by atoms with E-state index in [0.29, 0.717) is 13.0 Å². The monoisotopic (exact) mass is 175 g/mol. The van der Waals surface area contributed by atoms with Crippen LogP contribution in [0.2, 0.25) is 0 Å². The maximum absolute atomic E-state index is 10.5. The van der Waals surface area contributed by atoms with Crippen LogP contribution in [0.15, 0.2) is 0 Å². The summed E-state index contributed by atoms with van der Waals surface area (Å²) in [6, 6.07) is -0.497. The van der Waals surface area contributed by atoms with Gasteiger partial charge in [0.15, 0.2) is 0 Å². The Morgan fingerprint density at radius 3 is 2.50 bits per heavy atom. The first-order valence-corrected chi connectivity index (χ1v) is 4.09. The van der Waals surface area contributed by atoms with Crippen LogP contribution in [0.1, 0.15) is 20.3 Å². The van der Waals surface area contributed by atoms with Crippen LogP contribution in [0.4, 0.5) is 0 Å². The molecule has 0 spiro atoms. The van der Waals surface area contributed by atoms with Crippen LogP contribution in [0, 0.1) is 0 Å². The summed E-state index contributed by atoms with van der Waals surface area (Å²) in [7, 11) is 1.63. The Hall–Kier alpha value is -0.610. The summed E-state index contributed by atoms with van der Waals surface area (Å²) in [5.74, 6) is -0.829. The van der Waals surface area contributed by atoms with Gasteiger partial charge < -0.3 is 15.2 Å². The number of carboxylic acids is 1. The van der Waals surface area contributed by atoms with Crippen molar-refractivity contribution < 1.29 is 14.6 Å². The number of rotatable bonds is 6. The highest BCUT2D eigenvalue weighted by Gasteiger charge is 2.13. The lowest BCUT2D eigenvalue weighted by molar-refractivity contribution is -0.140. The fraction of sp³-hybridized carbons (Fsp3) is 0.875. The number of aliphatic carboxylic acids is 1. The van der Waals surface area contributed by atoms with Gasteiger partial charge in [-0.15, -0.1) is 0 Å². The topological polar surface area (TPSA) is 58.6 Å². The molecule has 0 saturated carbocycles. The zero-order valence-electron chi connectivity index (χ0n) is 7.83. The summed E-state index contributed by atoms with van der Waals surface area (Å²) in [6.07, 6.45) is 0.667. The molecule has 0 aliphatic rings.